The normalized spacial score (nSPS) is 14.6. The fourth-order valence-corrected chi connectivity index (χ4v) is 1.81. The van der Waals surface area contributed by atoms with Crippen molar-refractivity contribution >= 4 is 17.6 Å². The van der Waals surface area contributed by atoms with Gasteiger partial charge in [0, 0.05) is 23.8 Å². The van der Waals surface area contributed by atoms with Crippen molar-refractivity contribution in [2.45, 2.75) is 26.7 Å². The van der Waals surface area contributed by atoms with Crippen LogP contribution in [-0.2, 0) is 15.5 Å². The lowest BCUT2D eigenvalue weighted by Gasteiger charge is -2.12. The van der Waals surface area contributed by atoms with E-state index in [1.807, 2.05) is 0 Å². The number of hydrogen-bond acceptors (Lipinski definition) is 5. The summed E-state index contributed by atoms with van der Waals surface area (Å²) in [5.74, 6) is -3.47. The summed E-state index contributed by atoms with van der Waals surface area (Å²) in [5.41, 5.74) is 6.01. The van der Waals surface area contributed by atoms with Gasteiger partial charge in [-0.05, 0) is 26.0 Å². The lowest BCUT2D eigenvalue weighted by atomic mass is 10.1. The van der Waals surface area contributed by atoms with Gasteiger partial charge in [0.05, 0.1) is 12.2 Å². The predicted octanol–water partition coefficient (Wildman–Crippen LogP) is 1.04. The second-order valence-corrected chi connectivity index (χ2v) is 4.80. The molecule has 0 saturated heterocycles. The maximum absolute atomic E-state index is 12.8. The number of nitrogen functional groups attached to an aromatic ring is 1. The number of pyridine rings is 1. The van der Waals surface area contributed by atoms with Crippen molar-refractivity contribution in [1.82, 2.24) is 10.3 Å². The van der Waals surface area contributed by atoms with Gasteiger partial charge in [0.2, 0.25) is 0 Å². The molecule has 0 fully saturated rings. The van der Waals surface area contributed by atoms with E-state index in [1.54, 1.807) is 0 Å². The van der Waals surface area contributed by atoms with Gasteiger partial charge in [0.15, 0.2) is 0 Å². The second kappa shape index (κ2) is 6.61. The van der Waals surface area contributed by atoms with E-state index >= 15 is 0 Å². The Morgan fingerprint density at radius 3 is 2.18 bits per heavy atom. The van der Waals surface area contributed by atoms with Crippen molar-refractivity contribution in [3.8, 4) is 0 Å². The van der Waals surface area contributed by atoms with Crippen LogP contribution in [0, 0.1) is 6.92 Å². The van der Waals surface area contributed by atoms with E-state index in [-0.39, 0.29) is 29.3 Å². The van der Waals surface area contributed by atoms with E-state index in [1.165, 1.54) is 26.0 Å². The Morgan fingerprint density at radius 2 is 1.86 bits per heavy atom. The van der Waals surface area contributed by atoms with Crippen LogP contribution in [0.1, 0.15) is 25.1 Å². The Bertz CT molecular complexity index is 637. The Hall–Kier alpha value is -2.35. The number of nitrogens with zero attached hydrogens (tertiary/aromatic N) is 1. The van der Waals surface area contributed by atoms with Crippen LogP contribution in [0.15, 0.2) is 23.3 Å². The molecule has 2 rings (SSSR count). The van der Waals surface area contributed by atoms with Crippen molar-refractivity contribution in [2.24, 2.45) is 0 Å². The number of anilines is 1. The molecule has 2 heterocycles. The molecule has 4 N–H and O–H groups in total. The number of nitrogens with one attached hydrogen (secondary N) is 1. The van der Waals surface area contributed by atoms with Crippen LogP contribution < -0.4 is 11.1 Å². The molecule has 2 amide bonds. The van der Waals surface area contributed by atoms with E-state index < -0.39 is 17.7 Å². The number of amides is 2. The molecule has 8 heteroatoms. The molecule has 1 aliphatic heterocycles. The van der Waals surface area contributed by atoms with Crippen molar-refractivity contribution in [3.05, 3.63) is 34.5 Å². The Kier molecular flexibility index (Phi) is 5.32. The third-order valence-electron chi connectivity index (χ3n) is 3.03. The van der Waals surface area contributed by atoms with Gasteiger partial charge < -0.3 is 10.8 Å². The average molecular weight is 313 g/mol. The largest absolute Gasteiger partial charge is 0.391 e. The number of rotatable bonds is 2. The Balaban J connectivity index is 0.000000224. The summed E-state index contributed by atoms with van der Waals surface area (Å²) < 4.78 is 25.5. The van der Waals surface area contributed by atoms with Crippen LogP contribution in [0.2, 0.25) is 0 Å². The minimum atomic E-state index is -2.84. The summed E-state index contributed by atoms with van der Waals surface area (Å²) in [4.78, 5) is 25.1. The number of aryl methyl sites for hydroxylation is 1. The lowest BCUT2D eigenvalue weighted by molar-refractivity contribution is -0.124. The first-order valence-corrected chi connectivity index (χ1v) is 6.35. The Labute approximate surface area is 126 Å². The van der Waals surface area contributed by atoms with Gasteiger partial charge in [-0.2, -0.15) is 0 Å². The number of carbonyl (C=O) groups excluding carboxylic acids is 2. The molecule has 120 valence electrons. The van der Waals surface area contributed by atoms with Crippen LogP contribution >= 0.6 is 0 Å². The highest BCUT2D eigenvalue weighted by Gasteiger charge is 2.27. The number of aliphatic hydroxyl groups excluding tert-OH is 1. The maximum atomic E-state index is 12.8. The SMILES string of the molecule is CC1=C(CO)C(=O)NC1=O.Cc1nc(N)ccc1C(C)(F)F. The summed E-state index contributed by atoms with van der Waals surface area (Å²) >= 11 is 0. The first-order valence-electron chi connectivity index (χ1n) is 6.35. The van der Waals surface area contributed by atoms with E-state index in [4.69, 9.17) is 10.8 Å². The fraction of sp³-hybridized carbons (Fsp3) is 0.357. The molecule has 0 atom stereocenters. The van der Waals surface area contributed by atoms with Gasteiger partial charge in [-0.25, -0.2) is 13.8 Å². The summed E-state index contributed by atoms with van der Waals surface area (Å²) in [6.07, 6.45) is 0. The third-order valence-corrected chi connectivity index (χ3v) is 3.03. The quantitative estimate of drug-likeness (QED) is 0.707. The molecular weight excluding hydrogens is 296 g/mol. The first kappa shape index (κ1) is 17.7. The minimum absolute atomic E-state index is 0.0725. The second-order valence-electron chi connectivity index (χ2n) is 4.80. The van der Waals surface area contributed by atoms with Crippen LogP contribution in [0.5, 0.6) is 0 Å². The molecule has 1 aromatic rings. The van der Waals surface area contributed by atoms with Crippen LogP contribution in [0.3, 0.4) is 0 Å². The number of alkyl halides is 2. The van der Waals surface area contributed by atoms with E-state index in [2.05, 4.69) is 10.3 Å². The van der Waals surface area contributed by atoms with Gasteiger partial charge in [-0.1, -0.05) is 0 Å². The summed E-state index contributed by atoms with van der Waals surface area (Å²) in [7, 11) is 0. The molecule has 0 unspecified atom stereocenters. The zero-order valence-corrected chi connectivity index (χ0v) is 12.4. The zero-order chi connectivity index (χ0) is 17.1. The molecule has 0 radical (unpaired) electrons. The van der Waals surface area contributed by atoms with Gasteiger partial charge in [-0.15, -0.1) is 0 Å². The number of aromatic nitrogens is 1. The molecule has 0 spiro atoms. The van der Waals surface area contributed by atoms with E-state index in [0.29, 0.717) is 5.57 Å². The highest BCUT2D eigenvalue weighted by atomic mass is 19.3. The van der Waals surface area contributed by atoms with Crippen molar-refractivity contribution in [2.75, 3.05) is 12.3 Å². The number of imide groups is 1. The topological polar surface area (TPSA) is 105 Å². The summed E-state index contributed by atoms with van der Waals surface area (Å²) in [5, 5.41) is 10.6. The highest BCUT2D eigenvalue weighted by Crippen LogP contribution is 2.28. The number of hydrogen-bond donors (Lipinski definition) is 3. The standard InChI is InChI=1S/C8H10F2N2.C6H7NO3/c1-5-6(8(2,9)10)3-4-7(11)12-5;1-3-4(2-8)6(10)7-5(3)9/h3-4H,1-2H3,(H2,11,12);8H,2H2,1H3,(H,7,9,10). The summed E-state index contributed by atoms with van der Waals surface area (Å²) in [6.45, 7) is 3.49. The van der Waals surface area contributed by atoms with E-state index in [9.17, 15) is 18.4 Å². The molecule has 22 heavy (non-hydrogen) atoms. The van der Waals surface area contributed by atoms with Gasteiger partial charge in [-0.3, -0.25) is 14.9 Å². The molecule has 0 aromatic carbocycles. The van der Waals surface area contributed by atoms with Gasteiger partial charge in [0.25, 0.3) is 17.7 Å². The van der Waals surface area contributed by atoms with Crippen LogP contribution in [0.4, 0.5) is 14.6 Å². The third kappa shape index (κ3) is 4.08. The molecule has 6 nitrogen and oxygen atoms in total. The van der Waals surface area contributed by atoms with Crippen LogP contribution in [0.25, 0.3) is 0 Å². The van der Waals surface area contributed by atoms with Crippen molar-refractivity contribution in [3.63, 3.8) is 0 Å². The molecule has 0 bridgehead atoms. The van der Waals surface area contributed by atoms with Crippen molar-refractivity contribution in [1.29, 1.82) is 0 Å². The predicted molar refractivity (Wildman–Crippen MR) is 75.9 cm³/mol. The number of halogens is 2. The van der Waals surface area contributed by atoms with Gasteiger partial charge >= 0.3 is 0 Å². The summed E-state index contributed by atoms with van der Waals surface area (Å²) in [6, 6.07) is 2.68. The number of aliphatic hydroxyl groups is 1. The fourth-order valence-electron chi connectivity index (χ4n) is 1.81. The van der Waals surface area contributed by atoms with Gasteiger partial charge in [0.1, 0.15) is 5.82 Å². The van der Waals surface area contributed by atoms with Crippen molar-refractivity contribution < 1.29 is 23.5 Å². The molecule has 1 aliphatic rings. The monoisotopic (exact) mass is 313 g/mol. The molecule has 0 saturated carbocycles. The number of carbonyl (C=O) groups is 2. The minimum Gasteiger partial charge on any atom is -0.391 e. The van der Waals surface area contributed by atoms with E-state index in [0.717, 1.165) is 6.92 Å². The zero-order valence-electron chi connectivity index (χ0n) is 12.4. The van der Waals surface area contributed by atoms with Crippen LogP contribution in [-0.4, -0.2) is 28.5 Å². The smallest absolute Gasteiger partial charge is 0.272 e. The maximum Gasteiger partial charge on any atom is 0.272 e. The average Bonchev–Trinajstić information content (AvgIpc) is 2.61. The highest BCUT2D eigenvalue weighted by molar-refractivity contribution is 6.19. The molecule has 0 aliphatic carbocycles. The lowest BCUT2D eigenvalue weighted by Crippen LogP contribution is -2.23. The molecule has 1 aromatic heterocycles. The number of nitrogens with two attached hydrogens (primary N) is 1. The molecular formula is C14H17F2N3O3. The Morgan fingerprint density at radius 1 is 1.27 bits per heavy atom. The first-order chi connectivity index (χ1) is 10.1.